The third-order valence-electron chi connectivity index (χ3n) is 4.86. The van der Waals surface area contributed by atoms with Crippen LogP contribution in [0.4, 0.5) is 0 Å². The summed E-state index contributed by atoms with van der Waals surface area (Å²) in [6.45, 7) is 13.3. The van der Waals surface area contributed by atoms with Gasteiger partial charge in [-0.25, -0.2) is 0 Å². The summed E-state index contributed by atoms with van der Waals surface area (Å²) in [5.74, 6) is 1.03. The lowest BCUT2D eigenvalue weighted by atomic mass is 9.74. The van der Waals surface area contributed by atoms with Crippen LogP contribution in [0.2, 0.25) is 5.02 Å². The molecule has 0 bridgehead atoms. The summed E-state index contributed by atoms with van der Waals surface area (Å²) < 4.78 is 0. The average Bonchev–Trinajstić information content (AvgIpc) is 2.53. The molecule has 0 aliphatic carbocycles. The maximum absolute atomic E-state index is 10.2. The summed E-state index contributed by atoms with van der Waals surface area (Å²) in [5.41, 5.74) is 6.67. The maximum atomic E-state index is 10.2. The van der Waals surface area contributed by atoms with Crippen LogP contribution in [0.5, 0.6) is 0 Å². The second-order valence-electron chi connectivity index (χ2n) is 7.93. The Morgan fingerprint density at radius 1 is 1.12 bits per heavy atom. The molecular weight excluding hydrogens is 330 g/mol. The van der Waals surface area contributed by atoms with E-state index in [2.05, 4.69) is 39.8 Å². The summed E-state index contributed by atoms with van der Waals surface area (Å²) in [6, 6.07) is 8.41. The fourth-order valence-electron chi connectivity index (χ4n) is 2.91. The molecule has 0 fully saturated rings. The van der Waals surface area contributed by atoms with Crippen LogP contribution in [-0.2, 0) is 10.2 Å². The van der Waals surface area contributed by atoms with E-state index >= 15 is 0 Å². The van der Waals surface area contributed by atoms with Gasteiger partial charge in [-0.3, -0.25) is 4.79 Å². The molecule has 1 amide bonds. The summed E-state index contributed by atoms with van der Waals surface area (Å²) in [4.78, 5) is 10.2. The van der Waals surface area contributed by atoms with Crippen molar-refractivity contribution in [3.05, 3.63) is 34.9 Å². The zero-order chi connectivity index (χ0) is 19.5. The topological polar surface area (TPSA) is 43.1 Å². The monoisotopic (exact) mass is 367 g/mol. The van der Waals surface area contributed by atoms with E-state index in [1.165, 1.54) is 31.2 Å². The minimum atomic E-state index is -0.195. The zero-order valence-corrected chi connectivity index (χ0v) is 17.8. The van der Waals surface area contributed by atoms with E-state index in [9.17, 15) is 4.79 Å². The molecule has 2 atom stereocenters. The highest BCUT2D eigenvalue weighted by Gasteiger charge is 2.25. The Hall–Kier alpha value is -1.02. The minimum absolute atomic E-state index is 0.195. The molecule has 2 N–H and O–H groups in total. The van der Waals surface area contributed by atoms with Gasteiger partial charge in [0.1, 0.15) is 0 Å². The van der Waals surface area contributed by atoms with E-state index in [-0.39, 0.29) is 5.91 Å². The van der Waals surface area contributed by atoms with Crippen LogP contribution < -0.4 is 5.73 Å². The molecule has 25 heavy (non-hydrogen) atoms. The van der Waals surface area contributed by atoms with Gasteiger partial charge in [-0.2, -0.15) is 0 Å². The van der Waals surface area contributed by atoms with Crippen molar-refractivity contribution in [2.24, 2.45) is 17.6 Å². The van der Waals surface area contributed by atoms with Gasteiger partial charge < -0.3 is 5.73 Å². The fraction of sp³-hybridized carbons (Fsp3) is 0.682. The van der Waals surface area contributed by atoms with Gasteiger partial charge >= 0.3 is 0 Å². The van der Waals surface area contributed by atoms with Crippen molar-refractivity contribution in [1.82, 2.24) is 0 Å². The Morgan fingerprint density at radius 3 is 2.04 bits per heavy atom. The lowest BCUT2D eigenvalue weighted by Gasteiger charge is -2.31. The van der Waals surface area contributed by atoms with Crippen molar-refractivity contribution in [2.75, 3.05) is 0 Å². The predicted molar refractivity (Wildman–Crippen MR) is 111 cm³/mol. The van der Waals surface area contributed by atoms with Gasteiger partial charge in [0, 0.05) is 11.4 Å². The SMILES string of the molecule is CCC(C)CC(N)=O.CCCC(C)(CCC(C)C)c1ccc(Cl)cc1. The van der Waals surface area contributed by atoms with E-state index in [1.54, 1.807) is 0 Å². The van der Waals surface area contributed by atoms with Gasteiger partial charge in [0.2, 0.25) is 5.91 Å². The van der Waals surface area contributed by atoms with Gasteiger partial charge in [0.25, 0.3) is 0 Å². The fourth-order valence-corrected chi connectivity index (χ4v) is 3.04. The van der Waals surface area contributed by atoms with Crippen molar-refractivity contribution in [2.45, 2.75) is 85.5 Å². The van der Waals surface area contributed by atoms with E-state index in [1.807, 2.05) is 26.0 Å². The Kier molecular flexibility index (Phi) is 11.8. The Bertz CT molecular complexity index is 483. The van der Waals surface area contributed by atoms with Gasteiger partial charge in [0.05, 0.1) is 0 Å². The van der Waals surface area contributed by atoms with Crippen molar-refractivity contribution < 1.29 is 4.79 Å². The quantitative estimate of drug-likeness (QED) is 0.515. The molecular formula is C22H38ClNO. The Labute approximate surface area is 160 Å². The first kappa shape index (κ1) is 24.0. The summed E-state index contributed by atoms with van der Waals surface area (Å²) in [7, 11) is 0. The first-order valence-corrected chi connectivity index (χ1v) is 10.1. The smallest absolute Gasteiger partial charge is 0.217 e. The number of carbonyl (C=O) groups excluding carboxylic acids is 1. The second-order valence-corrected chi connectivity index (χ2v) is 8.37. The van der Waals surface area contributed by atoms with E-state index < -0.39 is 0 Å². The van der Waals surface area contributed by atoms with Crippen molar-refractivity contribution in [3.8, 4) is 0 Å². The van der Waals surface area contributed by atoms with Crippen LogP contribution in [0.1, 0.15) is 85.6 Å². The van der Waals surface area contributed by atoms with Gasteiger partial charge in [-0.1, -0.05) is 84.5 Å². The van der Waals surface area contributed by atoms with Crippen molar-refractivity contribution in [1.29, 1.82) is 0 Å². The van der Waals surface area contributed by atoms with Gasteiger partial charge in [-0.05, 0) is 47.8 Å². The molecule has 0 spiro atoms. The number of benzene rings is 1. The first-order chi connectivity index (χ1) is 11.6. The molecule has 144 valence electrons. The highest BCUT2D eigenvalue weighted by molar-refractivity contribution is 6.30. The number of rotatable bonds is 9. The van der Waals surface area contributed by atoms with Crippen LogP contribution in [0.25, 0.3) is 0 Å². The summed E-state index contributed by atoms with van der Waals surface area (Å²) in [5, 5.41) is 0.830. The maximum Gasteiger partial charge on any atom is 0.217 e. The number of amides is 1. The normalized spacial score (nSPS) is 14.4. The second kappa shape index (κ2) is 12.4. The van der Waals surface area contributed by atoms with E-state index in [0.29, 0.717) is 17.8 Å². The zero-order valence-electron chi connectivity index (χ0n) is 17.1. The number of carbonyl (C=O) groups is 1. The highest BCUT2D eigenvalue weighted by atomic mass is 35.5. The van der Waals surface area contributed by atoms with Gasteiger partial charge in [0.15, 0.2) is 0 Å². The molecule has 0 aliphatic heterocycles. The highest BCUT2D eigenvalue weighted by Crippen LogP contribution is 2.35. The third-order valence-corrected chi connectivity index (χ3v) is 5.11. The van der Waals surface area contributed by atoms with Crippen LogP contribution >= 0.6 is 11.6 Å². The lowest BCUT2D eigenvalue weighted by molar-refractivity contribution is -0.118. The van der Waals surface area contributed by atoms with Crippen LogP contribution in [0, 0.1) is 11.8 Å². The Balaban J connectivity index is 0.000000609. The summed E-state index contributed by atoms with van der Waals surface area (Å²) in [6.07, 6.45) is 6.59. The number of halogens is 1. The molecule has 0 aromatic heterocycles. The molecule has 0 heterocycles. The molecule has 1 aromatic carbocycles. The van der Waals surface area contributed by atoms with Crippen LogP contribution in [0.15, 0.2) is 24.3 Å². The van der Waals surface area contributed by atoms with Crippen LogP contribution in [0.3, 0.4) is 0 Å². The third kappa shape index (κ3) is 10.5. The van der Waals surface area contributed by atoms with Gasteiger partial charge in [-0.15, -0.1) is 0 Å². The van der Waals surface area contributed by atoms with E-state index in [4.69, 9.17) is 17.3 Å². The standard InChI is InChI=1S/C16H25Cl.C6H13NO/c1-5-11-16(4,12-10-13(2)3)14-6-8-15(17)9-7-14;1-3-5(2)4-6(7)8/h6-9,13H,5,10-12H2,1-4H3;5H,3-4H2,1-2H3,(H2,7,8). The molecule has 0 aliphatic rings. The molecule has 2 nitrogen and oxygen atoms in total. The van der Waals surface area contributed by atoms with Crippen LogP contribution in [-0.4, -0.2) is 5.91 Å². The largest absolute Gasteiger partial charge is 0.370 e. The number of primary amides is 1. The number of hydrogen-bond acceptors (Lipinski definition) is 1. The minimum Gasteiger partial charge on any atom is -0.370 e. The molecule has 2 unspecified atom stereocenters. The molecule has 0 saturated heterocycles. The average molecular weight is 368 g/mol. The number of nitrogens with two attached hydrogens (primary N) is 1. The Morgan fingerprint density at radius 2 is 1.68 bits per heavy atom. The molecule has 1 aromatic rings. The summed E-state index contributed by atoms with van der Waals surface area (Å²) >= 11 is 5.97. The van der Waals surface area contributed by atoms with Crippen molar-refractivity contribution >= 4 is 17.5 Å². The molecule has 0 saturated carbocycles. The van der Waals surface area contributed by atoms with Crippen molar-refractivity contribution in [3.63, 3.8) is 0 Å². The van der Waals surface area contributed by atoms with E-state index in [0.717, 1.165) is 17.4 Å². The molecule has 0 radical (unpaired) electrons. The number of hydrogen-bond donors (Lipinski definition) is 1. The molecule has 1 rings (SSSR count). The first-order valence-electron chi connectivity index (χ1n) is 9.68. The predicted octanol–water partition coefficient (Wildman–Crippen LogP) is 6.74. The lowest BCUT2D eigenvalue weighted by Crippen LogP contribution is -2.22. The molecule has 3 heteroatoms.